The summed E-state index contributed by atoms with van der Waals surface area (Å²) in [7, 11) is 1.57. The Hall–Kier alpha value is -0.610. The highest BCUT2D eigenvalue weighted by atomic mass is 16.5. The molecule has 1 rings (SSSR count). The summed E-state index contributed by atoms with van der Waals surface area (Å²) >= 11 is 0. The minimum absolute atomic E-state index is 0.205. The van der Waals surface area contributed by atoms with Gasteiger partial charge in [0.2, 0.25) is 0 Å². The number of carbonyl (C=O) groups is 1. The predicted octanol–water partition coefficient (Wildman–Crippen LogP) is 0.474. The SMILES string of the molecule is CO[C@H](C1CCCN1)C(C)C(=O)O. The van der Waals surface area contributed by atoms with Crippen LogP contribution in [0, 0.1) is 5.92 Å². The second-order valence-corrected chi connectivity index (χ2v) is 3.53. The van der Waals surface area contributed by atoms with E-state index in [0.717, 1.165) is 19.4 Å². The van der Waals surface area contributed by atoms with Crippen LogP contribution in [0.1, 0.15) is 19.8 Å². The van der Waals surface area contributed by atoms with Crippen LogP contribution >= 0.6 is 0 Å². The zero-order chi connectivity index (χ0) is 9.84. The number of rotatable bonds is 4. The van der Waals surface area contributed by atoms with Crippen LogP contribution in [0.15, 0.2) is 0 Å². The lowest BCUT2D eigenvalue weighted by Crippen LogP contribution is -2.43. The summed E-state index contributed by atoms with van der Waals surface area (Å²) in [6.07, 6.45) is 1.91. The first-order chi connectivity index (χ1) is 6.16. The molecule has 0 bridgehead atoms. The van der Waals surface area contributed by atoms with Crippen LogP contribution in [0.4, 0.5) is 0 Å². The lowest BCUT2D eigenvalue weighted by molar-refractivity contribution is -0.146. The fourth-order valence-corrected chi connectivity index (χ4v) is 1.85. The van der Waals surface area contributed by atoms with Crippen molar-refractivity contribution in [1.82, 2.24) is 5.32 Å². The monoisotopic (exact) mass is 187 g/mol. The number of ether oxygens (including phenoxy) is 1. The average molecular weight is 187 g/mol. The van der Waals surface area contributed by atoms with Crippen molar-refractivity contribution in [3.05, 3.63) is 0 Å². The summed E-state index contributed by atoms with van der Waals surface area (Å²) in [6.45, 7) is 2.66. The highest BCUT2D eigenvalue weighted by Gasteiger charge is 2.32. The Labute approximate surface area is 78.3 Å². The summed E-state index contributed by atoms with van der Waals surface area (Å²) in [5.74, 6) is -1.24. The van der Waals surface area contributed by atoms with Crippen molar-refractivity contribution in [3.63, 3.8) is 0 Å². The number of carboxylic acids is 1. The number of hydrogen-bond donors (Lipinski definition) is 2. The Morgan fingerprint density at radius 3 is 2.77 bits per heavy atom. The Balaban J connectivity index is 2.54. The van der Waals surface area contributed by atoms with E-state index in [4.69, 9.17) is 9.84 Å². The quantitative estimate of drug-likeness (QED) is 0.672. The fraction of sp³-hybridized carbons (Fsp3) is 0.889. The zero-order valence-electron chi connectivity index (χ0n) is 8.12. The van der Waals surface area contributed by atoms with Crippen LogP contribution in [0.3, 0.4) is 0 Å². The Bertz CT molecular complexity index is 178. The van der Waals surface area contributed by atoms with Crippen LogP contribution in [0.25, 0.3) is 0 Å². The van der Waals surface area contributed by atoms with E-state index in [1.165, 1.54) is 0 Å². The van der Waals surface area contributed by atoms with Crippen LogP contribution in [-0.2, 0) is 9.53 Å². The molecule has 4 heteroatoms. The molecule has 1 aliphatic rings. The minimum atomic E-state index is -0.791. The van der Waals surface area contributed by atoms with Crippen molar-refractivity contribution in [1.29, 1.82) is 0 Å². The third-order valence-corrected chi connectivity index (χ3v) is 2.65. The molecule has 0 aromatic carbocycles. The first kappa shape index (κ1) is 10.5. The maximum absolute atomic E-state index is 10.7. The molecule has 1 aliphatic heterocycles. The first-order valence-corrected chi connectivity index (χ1v) is 4.65. The Morgan fingerprint density at radius 2 is 2.38 bits per heavy atom. The van der Waals surface area contributed by atoms with Gasteiger partial charge in [0.15, 0.2) is 0 Å². The molecule has 0 aromatic rings. The van der Waals surface area contributed by atoms with E-state index in [9.17, 15) is 4.79 Å². The highest BCUT2D eigenvalue weighted by Crippen LogP contribution is 2.18. The Morgan fingerprint density at radius 1 is 1.69 bits per heavy atom. The van der Waals surface area contributed by atoms with Crippen molar-refractivity contribution in [3.8, 4) is 0 Å². The van der Waals surface area contributed by atoms with Crippen LogP contribution in [0.2, 0.25) is 0 Å². The first-order valence-electron chi connectivity index (χ1n) is 4.65. The Kier molecular flexibility index (Phi) is 3.69. The van der Waals surface area contributed by atoms with Gasteiger partial charge < -0.3 is 15.2 Å². The second-order valence-electron chi connectivity index (χ2n) is 3.53. The van der Waals surface area contributed by atoms with Gasteiger partial charge in [-0.3, -0.25) is 4.79 Å². The van der Waals surface area contributed by atoms with Gasteiger partial charge in [-0.1, -0.05) is 0 Å². The normalized spacial score (nSPS) is 27.1. The molecule has 76 valence electrons. The number of hydrogen-bond acceptors (Lipinski definition) is 3. The smallest absolute Gasteiger partial charge is 0.308 e. The van der Waals surface area contributed by atoms with Crippen LogP contribution in [0.5, 0.6) is 0 Å². The van der Waals surface area contributed by atoms with Gasteiger partial charge in [0, 0.05) is 13.2 Å². The van der Waals surface area contributed by atoms with Crippen molar-refractivity contribution in [2.75, 3.05) is 13.7 Å². The van der Waals surface area contributed by atoms with E-state index >= 15 is 0 Å². The zero-order valence-corrected chi connectivity index (χ0v) is 8.12. The van der Waals surface area contributed by atoms with E-state index in [2.05, 4.69) is 5.32 Å². The topological polar surface area (TPSA) is 58.6 Å². The van der Waals surface area contributed by atoms with E-state index in [1.807, 2.05) is 0 Å². The van der Waals surface area contributed by atoms with Gasteiger partial charge in [-0.05, 0) is 26.3 Å². The number of carboxylic acid groups (broad SMARTS) is 1. The third-order valence-electron chi connectivity index (χ3n) is 2.65. The molecule has 0 radical (unpaired) electrons. The molecule has 0 aromatic heterocycles. The minimum Gasteiger partial charge on any atom is -0.481 e. The molecule has 1 saturated heterocycles. The van der Waals surface area contributed by atoms with Crippen LogP contribution < -0.4 is 5.32 Å². The molecule has 4 nitrogen and oxygen atoms in total. The van der Waals surface area contributed by atoms with Crippen molar-refractivity contribution in [2.45, 2.75) is 31.9 Å². The maximum Gasteiger partial charge on any atom is 0.308 e. The van der Waals surface area contributed by atoms with E-state index in [-0.39, 0.29) is 12.1 Å². The lowest BCUT2D eigenvalue weighted by Gasteiger charge is -2.25. The summed E-state index contributed by atoms with van der Waals surface area (Å²) in [6, 6.07) is 0.205. The van der Waals surface area contributed by atoms with Gasteiger partial charge >= 0.3 is 5.97 Å². The molecule has 0 spiro atoms. The fourth-order valence-electron chi connectivity index (χ4n) is 1.85. The van der Waals surface area contributed by atoms with Gasteiger partial charge in [-0.15, -0.1) is 0 Å². The van der Waals surface area contributed by atoms with Gasteiger partial charge in [0.25, 0.3) is 0 Å². The predicted molar refractivity (Wildman–Crippen MR) is 48.6 cm³/mol. The molecule has 3 atom stereocenters. The molecule has 0 amide bonds. The number of methoxy groups -OCH3 is 1. The largest absolute Gasteiger partial charge is 0.481 e. The molecule has 1 heterocycles. The van der Waals surface area contributed by atoms with Gasteiger partial charge in [0.1, 0.15) is 0 Å². The van der Waals surface area contributed by atoms with Gasteiger partial charge in [-0.2, -0.15) is 0 Å². The average Bonchev–Trinajstić information content (AvgIpc) is 2.58. The van der Waals surface area contributed by atoms with Crippen molar-refractivity contribution >= 4 is 5.97 Å². The van der Waals surface area contributed by atoms with Gasteiger partial charge in [-0.25, -0.2) is 0 Å². The van der Waals surface area contributed by atoms with E-state index in [0.29, 0.717) is 0 Å². The third kappa shape index (κ3) is 2.42. The molecular formula is C9H17NO3. The van der Waals surface area contributed by atoms with Crippen molar-refractivity contribution in [2.24, 2.45) is 5.92 Å². The molecule has 13 heavy (non-hydrogen) atoms. The summed E-state index contributed by atoms with van der Waals surface area (Å²) in [5.41, 5.74) is 0. The summed E-state index contributed by atoms with van der Waals surface area (Å²) in [4.78, 5) is 10.7. The lowest BCUT2D eigenvalue weighted by atomic mass is 9.97. The summed E-state index contributed by atoms with van der Waals surface area (Å²) in [5, 5.41) is 12.1. The standard InChI is InChI=1S/C9H17NO3/c1-6(9(11)12)8(13-2)7-4-3-5-10-7/h6-8,10H,3-5H2,1-2H3,(H,11,12)/t6?,7?,8-/m0/s1. The molecule has 0 aliphatic carbocycles. The molecule has 0 saturated carbocycles. The molecular weight excluding hydrogens is 170 g/mol. The maximum atomic E-state index is 10.7. The van der Waals surface area contributed by atoms with E-state index < -0.39 is 11.9 Å². The van der Waals surface area contributed by atoms with E-state index in [1.54, 1.807) is 14.0 Å². The van der Waals surface area contributed by atoms with Gasteiger partial charge in [0.05, 0.1) is 12.0 Å². The molecule has 2 unspecified atom stereocenters. The van der Waals surface area contributed by atoms with Crippen LogP contribution in [-0.4, -0.2) is 36.9 Å². The van der Waals surface area contributed by atoms with Crippen molar-refractivity contribution < 1.29 is 14.6 Å². The molecule has 2 N–H and O–H groups in total. The highest BCUT2D eigenvalue weighted by molar-refractivity contribution is 5.70. The number of aliphatic carboxylic acids is 1. The summed E-state index contributed by atoms with van der Waals surface area (Å²) < 4.78 is 5.21. The number of nitrogens with one attached hydrogen (secondary N) is 1. The second kappa shape index (κ2) is 4.58. The molecule has 1 fully saturated rings.